The van der Waals surface area contributed by atoms with Gasteiger partial charge in [-0.3, -0.25) is 4.99 Å². The lowest BCUT2D eigenvalue weighted by molar-refractivity contribution is 0.408. The summed E-state index contributed by atoms with van der Waals surface area (Å²) in [6.07, 6.45) is 0.648. The first-order valence-corrected chi connectivity index (χ1v) is 7.74. The molecule has 0 spiro atoms. The van der Waals surface area contributed by atoms with Crippen LogP contribution in [0.3, 0.4) is 0 Å². The number of aliphatic imine (C=N–C) groups is 1. The summed E-state index contributed by atoms with van der Waals surface area (Å²) >= 11 is 6.28. The zero-order valence-corrected chi connectivity index (χ0v) is 14.1. The van der Waals surface area contributed by atoms with Gasteiger partial charge in [0.1, 0.15) is 23.4 Å². The molecular formula is C18H18ClFN2O. The third-order valence-corrected chi connectivity index (χ3v) is 4.42. The number of fused-ring (bicyclic) bond motifs is 1. The molecule has 2 aromatic carbocycles. The number of nitrogens with zero attached hydrogens (tertiary/aromatic N) is 2. The minimum Gasteiger partial charge on any atom is -0.496 e. The molecule has 0 fully saturated rings. The van der Waals surface area contributed by atoms with Gasteiger partial charge in [0, 0.05) is 36.7 Å². The second-order valence-corrected chi connectivity index (χ2v) is 6.09. The number of rotatable bonds is 2. The maximum atomic E-state index is 14.4. The van der Waals surface area contributed by atoms with Crippen molar-refractivity contribution in [2.45, 2.75) is 12.5 Å². The zero-order chi connectivity index (χ0) is 16.6. The molecule has 0 aliphatic carbocycles. The van der Waals surface area contributed by atoms with E-state index in [1.54, 1.807) is 19.2 Å². The first-order chi connectivity index (χ1) is 11.0. The van der Waals surface area contributed by atoms with Crippen molar-refractivity contribution in [1.29, 1.82) is 0 Å². The highest BCUT2D eigenvalue weighted by Crippen LogP contribution is 2.40. The van der Waals surface area contributed by atoms with Crippen molar-refractivity contribution in [1.82, 2.24) is 4.90 Å². The number of benzene rings is 2. The van der Waals surface area contributed by atoms with Crippen LogP contribution in [0, 0.1) is 5.82 Å². The molecule has 2 aromatic rings. The minimum atomic E-state index is -0.472. The summed E-state index contributed by atoms with van der Waals surface area (Å²) in [5.41, 5.74) is 2.36. The summed E-state index contributed by atoms with van der Waals surface area (Å²) in [5.74, 6) is 1.31. The fourth-order valence-electron chi connectivity index (χ4n) is 2.91. The highest BCUT2D eigenvalue weighted by Gasteiger charge is 2.29. The number of amidine groups is 1. The quantitative estimate of drug-likeness (QED) is 0.827. The Morgan fingerprint density at radius 3 is 2.61 bits per heavy atom. The Hall–Kier alpha value is -2.07. The van der Waals surface area contributed by atoms with Crippen LogP contribution in [-0.2, 0) is 6.42 Å². The lowest BCUT2D eigenvalue weighted by atomic mass is 9.89. The zero-order valence-electron chi connectivity index (χ0n) is 13.3. The van der Waals surface area contributed by atoms with Crippen molar-refractivity contribution in [3.8, 4) is 5.75 Å². The van der Waals surface area contributed by atoms with Crippen LogP contribution in [0.4, 0.5) is 4.39 Å². The van der Waals surface area contributed by atoms with E-state index < -0.39 is 6.04 Å². The summed E-state index contributed by atoms with van der Waals surface area (Å²) in [6, 6.07) is 10.0. The molecule has 1 atom stereocenters. The predicted molar refractivity (Wildman–Crippen MR) is 91.1 cm³/mol. The summed E-state index contributed by atoms with van der Waals surface area (Å²) in [6.45, 7) is 0. The maximum absolute atomic E-state index is 14.4. The summed E-state index contributed by atoms with van der Waals surface area (Å²) in [5, 5.41) is 0.382. The minimum absolute atomic E-state index is 0.347. The Morgan fingerprint density at radius 1 is 1.22 bits per heavy atom. The van der Waals surface area contributed by atoms with Crippen LogP contribution in [0.5, 0.6) is 5.75 Å². The number of methoxy groups -OCH3 is 1. The Bertz CT molecular complexity index is 753. The molecule has 3 nitrogen and oxygen atoms in total. The topological polar surface area (TPSA) is 24.8 Å². The van der Waals surface area contributed by atoms with Gasteiger partial charge in [0.05, 0.1) is 7.11 Å². The molecule has 1 aliphatic heterocycles. The number of hydrogen-bond acceptors (Lipinski definition) is 3. The monoisotopic (exact) mass is 332 g/mol. The molecule has 5 heteroatoms. The van der Waals surface area contributed by atoms with Crippen LogP contribution in [0.1, 0.15) is 22.7 Å². The van der Waals surface area contributed by atoms with Crippen LogP contribution in [0.15, 0.2) is 41.4 Å². The fourth-order valence-corrected chi connectivity index (χ4v) is 3.17. The third-order valence-electron chi connectivity index (χ3n) is 4.09. The van der Waals surface area contributed by atoms with E-state index in [9.17, 15) is 4.39 Å². The maximum Gasteiger partial charge on any atom is 0.130 e. The van der Waals surface area contributed by atoms with E-state index in [1.165, 1.54) is 6.07 Å². The lowest BCUT2D eigenvalue weighted by Crippen LogP contribution is -2.29. The predicted octanol–water partition coefficient (Wildman–Crippen LogP) is 4.09. The number of halogens is 2. The van der Waals surface area contributed by atoms with Gasteiger partial charge in [-0.05, 0) is 23.8 Å². The van der Waals surface area contributed by atoms with Crippen LogP contribution in [0.25, 0.3) is 0 Å². The van der Waals surface area contributed by atoms with Crippen molar-refractivity contribution in [3.63, 3.8) is 0 Å². The van der Waals surface area contributed by atoms with Gasteiger partial charge >= 0.3 is 0 Å². The van der Waals surface area contributed by atoms with Gasteiger partial charge in [0.15, 0.2) is 0 Å². The van der Waals surface area contributed by atoms with E-state index in [0.29, 0.717) is 17.0 Å². The van der Waals surface area contributed by atoms with Gasteiger partial charge in [0.25, 0.3) is 0 Å². The molecule has 0 amide bonds. The standard InChI is InChI=1S/C18H18ClFN2O/c1-22(2)16-10-12-11(6-4-9-15(12)23-3)18(21-16)17-13(19)7-5-8-14(17)20/h4-9,18H,10H2,1-3H3. The first kappa shape index (κ1) is 15.8. The molecule has 0 N–H and O–H groups in total. The molecule has 0 saturated heterocycles. The molecule has 0 saturated carbocycles. The Balaban J connectivity index is 2.24. The molecule has 120 valence electrons. The van der Waals surface area contributed by atoms with Crippen molar-refractivity contribution in [2.75, 3.05) is 21.2 Å². The summed E-state index contributed by atoms with van der Waals surface area (Å²) < 4.78 is 19.9. The SMILES string of the molecule is COc1cccc2c1CC(N(C)C)=NC2c1c(F)cccc1Cl. The number of ether oxygens (including phenoxy) is 1. The molecular weight excluding hydrogens is 315 g/mol. The van der Waals surface area contributed by atoms with Crippen LogP contribution in [0.2, 0.25) is 5.02 Å². The Kier molecular flexibility index (Phi) is 4.26. The summed E-state index contributed by atoms with van der Waals surface area (Å²) in [4.78, 5) is 6.69. The molecule has 1 unspecified atom stereocenters. The Labute approximate surface area is 140 Å². The first-order valence-electron chi connectivity index (χ1n) is 7.36. The van der Waals surface area contributed by atoms with Gasteiger partial charge in [0.2, 0.25) is 0 Å². The van der Waals surface area contributed by atoms with Crippen molar-refractivity contribution >= 4 is 17.4 Å². The average Bonchev–Trinajstić information content (AvgIpc) is 2.53. The lowest BCUT2D eigenvalue weighted by Gasteiger charge is -2.29. The normalized spacial score (nSPS) is 16.6. The second-order valence-electron chi connectivity index (χ2n) is 5.68. The third kappa shape index (κ3) is 2.79. The van der Waals surface area contributed by atoms with Gasteiger partial charge in [-0.1, -0.05) is 29.8 Å². The van der Waals surface area contributed by atoms with E-state index in [4.69, 9.17) is 21.3 Å². The highest BCUT2D eigenvalue weighted by atomic mass is 35.5. The number of likely N-dealkylation sites (N-methyl/N-ethyl adjacent to an activating group) is 1. The van der Waals surface area contributed by atoms with Crippen molar-refractivity contribution in [2.24, 2.45) is 4.99 Å². The highest BCUT2D eigenvalue weighted by molar-refractivity contribution is 6.31. The van der Waals surface area contributed by atoms with Gasteiger partial charge in [-0.25, -0.2) is 4.39 Å². The molecule has 0 bridgehead atoms. The molecule has 3 rings (SSSR count). The second kappa shape index (κ2) is 6.20. The van der Waals surface area contributed by atoms with E-state index in [0.717, 1.165) is 22.7 Å². The van der Waals surface area contributed by atoms with Crippen LogP contribution >= 0.6 is 11.6 Å². The van der Waals surface area contributed by atoms with Gasteiger partial charge in [-0.15, -0.1) is 0 Å². The van der Waals surface area contributed by atoms with Crippen LogP contribution in [-0.4, -0.2) is 31.9 Å². The molecule has 23 heavy (non-hydrogen) atoms. The fraction of sp³-hybridized carbons (Fsp3) is 0.278. The van der Waals surface area contributed by atoms with Crippen LogP contribution < -0.4 is 4.74 Å². The Morgan fingerprint density at radius 2 is 1.96 bits per heavy atom. The van der Waals surface area contributed by atoms with Crippen molar-refractivity contribution < 1.29 is 9.13 Å². The van der Waals surface area contributed by atoms with Crippen molar-refractivity contribution in [3.05, 3.63) is 63.9 Å². The summed E-state index contributed by atoms with van der Waals surface area (Å²) in [7, 11) is 5.50. The molecule has 0 aromatic heterocycles. The van der Waals surface area contributed by atoms with E-state index in [2.05, 4.69) is 0 Å². The van der Waals surface area contributed by atoms with E-state index in [1.807, 2.05) is 37.2 Å². The van der Waals surface area contributed by atoms with E-state index in [-0.39, 0.29) is 5.82 Å². The average molecular weight is 333 g/mol. The number of hydrogen-bond donors (Lipinski definition) is 0. The molecule has 1 aliphatic rings. The van der Waals surface area contributed by atoms with Gasteiger partial charge < -0.3 is 9.64 Å². The smallest absolute Gasteiger partial charge is 0.130 e. The molecule has 0 radical (unpaired) electrons. The molecule has 1 heterocycles. The largest absolute Gasteiger partial charge is 0.496 e. The van der Waals surface area contributed by atoms with Gasteiger partial charge in [-0.2, -0.15) is 0 Å². The van der Waals surface area contributed by atoms with E-state index >= 15 is 0 Å².